The molecule has 1 heterocycles. The molecule has 0 radical (unpaired) electrons. The van der Waals surface area contributed by atoms with Gasteiger partial charge in [-0.1, -0.05) is 30.3 Å². The van der Waals surface area contributed by atoms with Gasteiger partial charge >= 0.3 is 0 Å². The molecule has 160 valence electrons. The van der Waals surface area contributed by atoms with E-state index in [1.165, 1.54) is 15.4 Å². The summed E-state index contributed by atoms with van der Waals surface area (Å²) in [5, 5.41) is 3.06. The summed E-state index contributed by atoms with van der Waals surface area (Å²) in [5.41, 5.74) is 4.11. The van der Waals surface area contributed by atoms with Crippen molar-refractivity contribution in [3.8, 4) is 0 Å². The largest absolute Gasteiger partial charge is 0.321 e. The van der Waals surface area contributed by atoms with Crippen molar-refractivity contribution in [2.45, 2.75) is 26.8 Å². The molecular weight excluding hydrogens is 376 g/mol. The van der Waals surface area contributed by atoms with Gasteiger partial charge in [-0.3, -0.25) is 9.59 Å². The number of aryl methyl sites for hydroxylation is 1. The number of amides is 2. The summed E-state index contributed by atoms with van der Waals surface area (Å²) in [6, 6.07) is 15.6. The number of nitrogens with zero attached hydrogens (tertiary/aromatic N) is 1. The normalized spacial score (nSPS) is 19.7. The molecule has 1 aliphatic heterocycles. The van der Waals surface area contributed by atoms with Crippen LogP contribution < -0.4 is 20.0 Å². The molecule has 6 nitrogen and oxygen atoms in total. The van der Waals surface area contributed by atoms with Crippen molar-refractivity contribution in [3.63, 3.8) is 0 Å². The number of hydrogen-bond acceptors (Lipinski definition) is 2. The molecule has 0 bridgehead atoms. The van der Waals surface area contributed by atoms with Crippen LogP contribution in [0, 0.1) is 13.8 Å². The molecule has 3 rings (SSSR count). The van der Waals surface area contributed by atoms with Gasteiger partial charge in [-0.2, -0.15) is 0 Å². The lowest BCUT2D eigenvalue weighted by atomic mass is 10.1. The standard InChI is InChI=1S/C24H32N4O2/c1-18-9-8-12-22(19(18)2)25-23(29)17-27-13-15-28(16-14-27)20(3)24(30)26(4)21-10-6-5-7-11-21/h5-12,20H,13-17H2,1-4H3,(H,25,29)/p+2/t20-/m0/s1. The van der Waals surface area contributed by atoms with Gasteiger partial charge in [0.2, 0.25) is 0 Å². The average Bonchev–Trinajstić information content (AvgIpc) is 2.76. The molecule has 0 spiro atoms. The number of hydrogen-bond donors (Lipinski definition) is 3. The van der Waals surface area contributed by atoms with E-state index in [0.717, 1.165) is 43.1 Å². The third-order valence-electron chi connectivity index (χ3n) is 6.35. The van der Waals surface area contributed by atoms with E-state index in [0.29, 0.717) is 6.54 Å². The van der Waals surface area contributed by atoms with Crippen LogP contribution in [0.25, 0.3) is 0 Å². The van der Waals surface area contributed by atoms with Crippen molar-refractivity contribution in [2.75, 3.05) is 50.0 Å². The first-order valence-corrected chi connectivity index (χ1v) is 10.7. The Kier molecular flexibility index (Phi) is 7.24. The molecular formula is C24H34N4O2+2. The van der Waals surface area contributed by atoms with Crippen LogP contribution in [-0.4, -0.2) is 57.6 Å². The molecule has 3 N–H and O–H groups in total. The highest BCUT2D eigenvalue weighted by molar-refractivity contribution is 5.95. The van der Waals surface area contributed by atoms with E-state index in [-0.39, 0.29) is 17.9 Å². The molecule has 6 heteroatoms. The molecule has 2 amide bonds. The molecule has 30 heavy (non-hydrogen) atoms. The maximum absolute atomic E-state index is 12.9. The zero-order chi connectivity index (χ0) is 21.7. The third kappa shape index (κ3) is 5.26. The minimum Gasteiger partial charge on any atom is -0.321 e. The smallest absolute Gasteiger partial charge is 0.284 e. The summed E-state index contributed by atoms with van der Waals surface area (Å²) < 4.78 is 0. The van der Waals surface area contributed by atoms with Gasteiger partial charge in [0, 0.05) is 18.4 Å². The molecule has 1 saturated heterocycles. The second-order valence-electron chi connectivity index (χ2n) is 8.34. The number of para-hydroxylation sites is 1. The van der Waals surface area contributed by atoms with E-state index < -0.39 is 0 Å². The van der Waals surface area contributed by atoms with Crippen molar-refractivity contribution < 1.29 is 19.4 Å². The van der Waals surface area contributed by atoms with Crippen LogP contribution in [-0.2, 0) is 9.59 Å². The topological polar surface area (TPSA) is 58.3 Å². The zero-order valence-electron chi connectivity index (χ0n) is 18.5. The predicted octanol–water partition coefficient (Wildman–Crippen LogP) is 0.0768. The van der Waals surface area contributed by atoms with E-state index in [2.05, 4.69) is 18.3 Å². The van der Waals surface area contributed by atoms with Crippen LogP contribution in [0.3, 0.4) is 0 Å². The summed E-state index contributed by atoms with van der Waals surface area (Å²) >= 11 is 0. The molecule has 2 aromatic carbocycles. The van der Waals surface area contributed by atoms with E-state index in [9.17, 15) is 9.59 Å². The molecule has 0 saturated carbocycles. The Balaban J connectivity index is 1.48. The number of nitrogens with one attached hydrogen (secondary N) is 3. The highest BCUT2D eigenvalue weighted by atomic mass is 16.2. The van der Waals surface area contributed by atoms with Crippen LogP contribution in [0.4, 0.5) is 11.4 Å². The molecule has 0 aliphatic carbocycles. The SMILES string of the molecule is Cc1cccc(NC(=O)C[NH+]2CC[NH+]([C@@H](C)C(=O)N(C)c3ccccc3)CC2)c1C. The summed E-state index contributed by atoms with van der Waals surface area (Å²) in [4.78, 5) is 29.7. The summed E-state index contributed by atoms with van der Waals surface area (Å²) in [5.74, 6) is 0.183. The van der Waals surface area contributed by atoms with Crippen molar-refractivity contribution in [3.05, 3.63) is 59.7 Å². The quantitative estimate of drug-likeness (QED) is 0.632. The van der Waals surface area contributed by atoms with Gasteiger partial charge in [0.1, 0.15) is 26.2 Å². The Morgan fingerprint density at radius 3 is 2.33 bits per heavy atom. The molecule has 2 aromatic rings. The van der Waals surface area contributed by atoms with Gasteiger partial charge in [0.05, 0.1) is 0 Å². The number of quaternary nitrogens is 2. The van der Waals surface area contributed by atoms with Crippen LogP contribution in [0.1, 0.15) is 18.1 Å². The summed E-state index contributed by atoms with van der Waals surface area (Å²) in [6.07, 6.45) is 0. The Hall–Kier alpha value is -2.70. The average molecular weight is 411 g/mol. The minimum absolute atomic E-state index is 0.0510. The molecule has 0 unspecified atom stereocenters. The maximum Gasteiger partial charge on any atom is 0.284 e. The van der Waals surface area contributed by atoms with Gasteiger partial charge in [0.25, 0.3) is 11.8 Å². The number of anilines is 2. The molecule has 0 aromatic heterocycles. The van der Waals surface area contributed by atoms with Gasteiger partial charge in [-0.05, 0) is 50.1 Å². The summed E-state index contributed by atoms with van der Waals surface area (Å²) in [6.45, 7) is 10.1. The third-order valence-corrected chi connectivity index (χ3v) is 6.35. The minimum atomic E-state index is -0.0967. The van der Waals surface area contributed by atoms with E-state index in [1.807, 2.05) is 63.4 Å². The van der Waals surface area contributed by atoms with E-state index >= 15 is 0 Å². The van der Waals surface area contributed by atoms with Crippen LogP contribution in [0.15, 0.2) is 48.5 Å². The highest BCUT2D eigenvalue weighted by Gasteiger charge is 2.33. The van der Waals surface area contributed by atoms with Gasteiger partial charge in [0.15, 0.2) is 12.6 Å². The lowest BCUT2D eigenvalue weighted by Gasteiger charge is -2.33. The second-order valence-corrected chi connectivity index (χ2v) is 8.34. The first-order valence-electron chi connectivity index (χ1n) is 10.7. The van der Waals surface area contributed by atoms with Crippen molar-refractivity contribution in [1.29, 1.82) is 0 Å². The Morgan fingerprint density at radius 2 is 1.67 bits per heavy atom. The Labute approximate surface area is 179 Å². The fourth-order valence-corrected chi connectivity index (χ4v) is 4.09. The second kappa shape index (κ2) is 9.87. The van der Waals surface area contributed by atoms with Crippen molar-refractivity contribution >= 4 is 23.2 Å². The summed E-state index contributed by atoms with van der Waals surface area (Å²) in [7, 11) is 1.84. The van der Waals surface area contributed by atoms with E-state index in [4.69, 9.17) is 0 Å². The van der Waals surface area contributed by atoms with Gasteiger partial charge in [-0.15, -0.1) is 0 Å². The number of likely N-dealkylation sites (N-methyl/N-ethyl adjacent to an activating group) is 1. The van der Waals surface area contributed by atoms with Crippen molar-refractivity contribution in [1.82, 2.24) is 0 Å². The fraction of sp³-hybridized carbons (Fsp3) is 0.417. The lowest BCUT2D eigenvalue weighted by Crippen LogP contribution is -3.30. The number of benzene rings is 2. The Morgan fingerprint density at radius 1 is 1.00 bits per heavy atom. The number of rotatable bonds is 6. The molecule has 1 atom stereocenters. The fourth-order valence-electron chi connectivity index (χ4n) is 4.09. The number of carbonyl (C=O) groups excluding carboxylic acids is 2. The Bertz CT molecular complexity index is 876. The maximum atomic E-state index is 12.9. The zero-order valence-corrected chi connectivity index (χ0v) is 18.5. The lowest BCUT2D eigenvalue weighted by molar-refractivity contribution is -1.01. The highest BCUT2D eigenvalue weighted by Crippen LogP contribution is 2.17. The first kappa shape index (κ1) is 22.0. The van der Waals surface area contributed by atoms with E-state index in [1.54, 1.807) is 4.90 Å². The van der Waals surface area contributed by atoms with Gasteiger partial charge in [-0.25, -0.2) is 0 Å². The monoisotopic (exact) mass is 410 g/mol. The number of carbonyl (C=O) groups is 2. The predicted molar refractivity (Wildman–Crippen MR) is 120 cm³/mol. The van der Waals surface area contributed by atoms with Crippen LogP contribution in [0.5, 0.6) is 0 Å². The van der Waals surface area contributed by atoms with Gasteiger partial charge < -0.3 is 20.0 Å². The molecule has 1 fully saturated rings. The first-order chi connectivity index (χ1) is 14.4. The van der Waals surface area contributed by atoms with Crippen LogP contribution in [0.2, 0.25) is 0 Å². The molecule has 1 aliphatic rings. The number of piperazine rings is 1. The van der Waals surface area contributed by atoms with Crippen LogP contribution >= 0.6 is 0 Å². The van der Waals surface area contributed by atoms with Crippen molar-refractivity contribution in [2.24, 2.45) is 0 Å².